The van der Waals surface area contributed by atoms with Gasteiger partial charge in [-0.25, -0.2) is 0 Å². The third-order valence-electron chi connectivity index (χ3n) is 6.94. The molecule has 0 saturated heterocycles. The second-order valence-electron chi connectivity index (χ2n) is 10.8. The van der Waals surface area contributed by atoms with E-state index >= 15 is 0 Å². The van der Waals surface area contributed by atoms with E-state index in [9.17, 15) is 34.8 Å². The van der Waals surface area contributed by atoms with Crippen LogP contribution in [-0.4, -0.2) is 11.6 Å². The molecule has 256 valence electrons. The zero-order valence-electron chi connectivity index (χ0n) is 25.7. The second-order valence-corrected chi connectivity index (χ2v) is 16.0. The van der Waals surface area contributed by atoms with Gasteiger partial charge in [0.2, 0.25) is 0 Å². The van der Waals surface area contributed by atoms with Gasteiger partial charge in [0.15, 0.2) is 21.4 Å². The van der Waals surface area contributed by atoms with Gasteiger partial charge >= 0.3 is 33.0 Å². The molecular formula is C38H26BrF6O2PS2. The van der Waals surface area contributed by atoms with Crippen LogP contribution in [0.4, 0.5) is 25.2 Å². The molecule has 0 radical (unpaired) electrons. The maximum Gasteiger partial charge on any atom is 0.194 e. The first-order valence-corrected chi connectivity index (χ1v) is 19.3. The quantitative estimate of drug-likeness (QED) is 0.0480. The van der Waals surface area contributed by atoms with E-state index in [0.29, 0.717) is 22.3 Å². The van der Waals surface area contributed by atoms with Gasteiger partial charge in [0.1, 0.15) is 0 Å². The molecule has 0 atom stereocenters. The van der Waals surface area contributed by atoms with Crippen molar-refractivity contribution in [3.63, 3.8) is 0 Å². The van der Waals surface area contributed by atoms with Crippen molar-refractivity contribution in [2.24, 2.45) is 0 Å². The molecule has 0 aliphatic carbocycles. The van der Waals surface area contributed by atoms with Gasteiger partial charge in [0, 0.05) is 48.3 Å². The van der Waals surface area contributed by atoms with Crippen molar-refractivity contribution in [3.05, 3.63) is 178 Å². The van der Waals surface area contributed by atoms with Crippen molar-refractivity contribution in [1.29, 1.82) is 0 Å². The van der Waals surface area contributed by atoms with Gasteiger partial charge in [-0.2, -0.15) is 0 Å². The summed E-state index contributed by atoms with van der Waals surface area (Å²) in [5, 5.41) is 0. The largest absolute Gasteiger partial charge is 0.289 e. The summed E-state index contributed by atoms with van der Waals surface area (Å²) in [4.78, 5) is 30.1. The van der Waals surface area contributed by atoms with Gasteiger partial charge in [0.05, 0.1) is 0 Å². The monoisotopic (exact) mass is 802 g/mol. The van der Waals surface area contributed by atoms with Gasteiger partial charge < -0.3 is 0 Å². The van der Waals surface area contributed by atoms with Crippen LogP contribution in [0.5, 0.6) is 0 Å². The Labute approximate surface area is 301 Å². The molecule has 50 heavy (non-hydrogen) atoms. The van der Waals surface area contributed by atoms with Crippen LogP contribution in [0.25, 0.3) is 11.1 Å². The number of carbonyl (C=O) groups excluding carboxylic acids is 2. The van der Waals surface area contributed by atoms with Crippen LogP contribution < -0.4 is 0 Å². The van der Waals surface area contributed by atoms with E-state index in [1.165, 1.54) is 4.90 Å². The summed E-state index contributed by atoms with van der Waals surface area (Å²) < 4.78 is 60.0. The SMILES string of the molecule is F[P-](F)(F)(F)(F)F.O=C(c1ccccc1)c1ccc([SH+]c2ccc(-c3ccc(Sc4ccc(C(=O)c5ccccc5)c(Br)c4)cc3)cc2)cc1. The van der Waals surface area contributed by atoms with Gasteiger partial charge in [-0.05, 0) is 106 Å². The minimum atomic E-state index is -10.7. The Bertz CT molecular complexity index is 2100. The molecule has 12 heteroatoms. The van der Waals surface area contributed by atoms with E-state index in [0.717, 1.165) is 42.0 Å². The van der Waals surface area contributed by atoms with Crippen molar-refractivity contribution < 1.29 is 34.8 Å². The fourth-order valence-electron chi connectivity index (χ4n) is 4.66. The number of rotatable bonds is 9. The van der Waals surface area contributed by atoms with Crippen molar-refractivity contribution in [2.75, 3.05) is 0 Å². The Morgan fingerprint density at radius 3 is 1.38 bits per heavy atom. The molecule has 0 bridgehead atoms. The van der Waals surface area contributed by atoms with Gasteiger partial charge in [-0.3, -0.25) is 9.59 Å². The molecule has 0 amide bonds. The number of benzene rings is 6. The van der Waals surface area contributed by atoms with Gasteiger partial charge in [-0.15, -0.1) is 0 Å². The molecule has 6 aromatic carbocycles. The molecule has 2 nitrogen and oxygen atoms in total. The maximum atomic E-state index is 12.9. The molecular weight excluding hydrogens is 777 g/mol. The summed E-state index contributed by atoms with van der Waals surface area (Å²) in [6.07, 6.45) is 0. The fourth-order valence-corrected chi connectivity index (χ4v) is 7.12. The van der Waals surface area contributed by atoms with Crippen LogP contribution in [-0.2, 0) is 11.8 Å². The normalized spacial score (nSPS) is 12.5. The predicted molar refractivity (Wildman–Crippen MR) is 195 cm³/mol. The number of carbonyl (C=O) groups is 2. The van der Waals surface area contributed by atoms with Crippen molar-refractivity contribution in [1.82, 2.24) is 0 Å². The number of ketones is 2. The number of hydrogen-bond donors (Lipinski definition) is 0. The van der Waals surface area contributed by atoms with E-state index in [2.05, 4.69) is 64.5 Å². The van der Waals surface area contributed by atoms with Crippen molar-refractivity contribution in [3.8, 4) is 11.1 Å². The maximum absolute atomic E-state index is 12.9. The summed E-state index contributed by atoms with van der Waals surface area (Å²) in [5.74, 6) is 0.0470. The van der Waals surface area contributed by atoms with Crippen molar-refractivity contribution in [2.45, 2.75) is 19.6 Å². The molecule has 0 aromatic heterocycles. The standard InChI is InChI=1S/C38H25BrO2S2.F6P/c39-36-25-34(23-24-35(36)38(41)29-9-5-2-6-10-29)43-33-19-13-27(14-20-33)26-11-17-31(18-12-26)42-32-21-15-30(16-22-32)37(40)28-7-3-1-4-8-28;1-7(2,3,4,5)6/h1-25H;/q;-1/p+1. The summed E-state index contributed by atoms with van der Waals surface area (Å²) in [7, 11) is -10.7. The first kappa shape index (κ1) is 37.1. The zero-order chi connectivity index (χ0) is 36.0. The van der Waals surface area contributed by atoms with Gasteiger partial charge in [-0.1, -0.05) is 84.6 Å². The number of hydrogen-bond acceptors (Lipinski definition) is 3. The number of halogens is 7. The Kier molecular flexibility index (Phi) is 10.8. The average Bonchev–Trinajstić information content (AvgIpc) is 3.08. The number of thiol groups is 1. The van der Waals surface area contributed by atoms with E-state index in [4.69, 9.17) is 0 Å². The molecule has 6 aromatic rings. The average molecular weight is 804 g/mol. The second kappa shape index (κ2) is 14.6. The molecule has 0 N–H and O–H groups in total. The topological polar surface area (TPSA) is 34.1 Å². The van der Waals surface area contributed by atoms with Crippen molar-refractivity contribution >= 4 is 58.8 Å². The fraction of sp³-hybridized carbons (Fsp3) is 0. The van der Waals surface area contributed by atoms with Crippen LogP contribution in [0.2, 0.25) is 0 Å². The third kappa shape index (κ3) is 11.7. The Morgan fingerprint density at radius 1 is 0.500 bits per heavy atom. The van der Waals surface area contributed by atoms with Crippen LogP contribution in [0, 0.1) is 0 Å². The molecule has 0 heterocycles. The predicted octanol–water partition coefficient (Wildman–Crippen LogP) is 13.3. The minimum absolute atomic E-state index is 0.00657. The molecule has 0 spiro atoms. The Balaban J connectivity index is 0.000000630. The molecule has 0 fully saturated rings. The molecule has 6 rings (SSSR count). The molecule has 0 unspecified atom stereocenters. The van der Waals surface area contributed by atoms with E-state index in [-0.39, 0.29) is 11.6 Å². The molecule has 0 aliphatic rings. The Hall–Kier alpha value is -4.15. The minimum Gasteiger partial charge on any atom is -0.289 e. The van der Waals surface area contributed by atoms with Crippen LogP contribution in [0.15, 0.2) is 176 Å². The summed E-state index contributed by atoms with van der Waals surface area (Å²) in [6.45, 7) is 0. The van der Waals surface area contributed by atoms with E-state index < -0.39 is 7.81 Å². The van der Waals surface area contributed by atoms with Crippen LogP contribution >= 0.6 is 35.5 Å². The van der Waals surface area contributed by atoms with E-state index in [1.807, 2.05) is 103 Å². The first-order chi connectivity index (χ1) is 23.5. The summed E-state index contributed by atoms with van der Waals surface area (Å²) >= 11 is 6.36. The van der Waals surface area contributed by atoms with Crippen LogP contribution in [0.3, 0.4) is 0 Å². The van der Waals surface area contributed by atoms with Crippen LogP contribution in [0.1, 0.15) is 31.8 Å². The zero-order valence-corrected chi connectivity index (χ0v) is 29.9. The summed E-state index contributed by atoms with van der Waals surface area (Å²) in [6, 6.07) is 49.6. The first-order valence-electron chi connectivity index (χ1n) is 14.7. The summed E-state index contributed by atoms with van der Waals surface area (Å²) in [5.41, 5.74) is 5.05. The smallest absolute Gasteiger partial charge is 0.194 e. The molecule has 0 saturated carbocycles. The molecule has 0 aliphatic heterocycles. The van der Waals surface area contributed by atoms with Gasteiger partial charge in [0.25, 0.3) is 0 Å². The Morgan fingerprint density at radius 2 is 0.900 bits per heavy atom. The van der Waals surface area contributed by atoms with E-state index in [1.54, 1.807) is 11.8 Å². The third-order valence-corrected chi connectivity index (χ3v) is 9.70.